The van der Waals surface area contributed by atoms with Crippen molar-refractivity contribution in [3.8, 4) is 5.75 Å². The van der Waals surface area contributed by atoms with Crippen molar-refractivity contribution in [3.63, 3.8) is 0 Å². The monoisotopic (exact) mass is 273 g/mol. The number of aromatic nitrogens is 2. The van der Waals surface area contributed by atoms with E-state index in [1.807, 2.05) is 24.3 Å². The third-order valence-corrected chi connectivity index (χ3v) is 3.59. The van der Waals surface area contributed by atoms with E-state index < -0.39 is 0 Å². The predicted molar refractivity (Wildman–Crippen MR) is 74.7 cm³/mol. The van der Waals surface area contributed by atoms with Crippen molar-refractivity contribution >= 4 is 0 Å². The molecule has 0 bridgehead atoms. The molecular formula is C15H19N3O2. The first-order valence-corrected chi connectivity index (χ1v) is 7.04. The molecule has 0 aliphatic carbocycles. The Morgan fingerprint density at radius 1 is 1.40 bits per heavy atom. The van der Waals surface area contributed by atoms with Crippen molar-refractivity contribution in [1.29, 1.82) is 0 Å². The van der Waals surface area contributed by atoms with Gasteiger partial charge in [0.15, 0.2) is 5.82 Å². The van der Waals surface area contributed by atoms with Gasteiger partial charge in [-0.2, -0.15) is 4.98 Å². The number of nitrogens with one attached hydrogen (secondary N) is 1. The Morgan fingerprint density at radius 3 is 3.15 bits per heavy atom. The molecule has 3 rings (SSSR count). The summed E-state index contributed by atoms with van der Waals surface area (Å²) in [5.41, 5.74) is 1.12. The Balaban J connectivity index is 1.70. The van der Waals surface area contributed by atoms with Crippen molar-refractivity contribution in [3.05, 3.63) is 41.5 Å². The van der Waals surface area contributed by atoms with Crippen LogP contribution in [-0.4, -0.2) is 23.8 Å². The summed E-state index contributed by atoms with van der Waals surface area (Å²) in [5.74, 6) is 2.28. The van der Waals surface area contributed by atoms with E-state index in [1.165, 1.54) is 12.8 Å². The zero-order chi connectivity index (χ0) is 13.8. The lowest BCUT2D eigenvalue weighted by atomic mass is 10.1. The van der Waals surface area contributed by atoms with Gasteiger partial charge in [-0.05, 0) is 37.1 Å². The van der Waals surface area contributed by atoms with E-state index in [-0.39, 0.29) is 6.04 Å². The summed E-state index contributed by atoms with van der Waals surface area (Å²) >= 11 is 0. The van der Waals surface area contributed by atoms with Gasteiger partial charge in [0.2, 0.25) is 5.89 Å². The lowest BCUT2D eigenvalue weighted by Crippen LogP contribution is -2.27. The fourth-order valence-electron chi connectivity index (χ4n) is 2.51. The summed E-state index contributed by atoms with van der Waals surface area (Å²) in [6.45, 7) is 1.03. The summed E-state index contributed by atoms with van der Waals surface area (Å²) in [4.78, 5) is 4.50. The molecular weight excluding hydrogens is 254 g/mol. The summed E-state index contributed by atoms with van der Waals surface area (Å²) in [7, 11) is 1.67. The van der Waals surface area contributed by atoms with Crippen molar-refractivity contribution in [2.75, 3.05) is 13.7 Å². The van der Waals surface area contributed by atoms with Crippen LogP contribution in [0.15, 0.2) is 28.8 Å². The molecule has 0 radical (unpaired) electrons. The van der Waals surface area contributed by atoms with Crippen LogP contribution < -0.4 is 10.1 Å². The van der Waals surface area contributed by atoms with Crippen LogP contribution in [0.3, 0.4) is 0 Å². The zero-order valence-electron chi connectivity index (χ0n) is 11.6. The Hall–Kier alpha value is -1.88. The van der Waals surface area contributed by atoms with Crippen LogP contribution in [0.1, 0.15) is 42.6 Å². The van der Waals surface area contributed by atoms with Crippen molar-refractivity contribution < 1.29 is 9.26 Å². The minimum atomic E-state index is 0.218. The van der Waals surface area contributed by atoms with E-state index in [1.54, 1.807) is 7.11 Å². The molecule has 0 saturated carbocycles. The van der Waals surface area contributed by atoms with E-state index in [4.69, 9.17) is 9.26 Å². The highest BCUT2D eigenvalue weighted by Gasteiger charge is 2.20. The van der Waals surface area contributed by atoms with Gasteiger partial charge in [0.1, 0.15) is 5.75 Å². The third-order valence-electron chi connectivity index (χ3n) is 3.59. The van der Waals surface area contributed by atoms with E-state index >= 15 is 0 Å². The average Bonchev–Trinajstić information content (AvgIpc) is 2.97. The highest BCUT2D eigenvalue weighted by atomic mass is 16.5. The van der Waals surface area contributed by atoms with Crippen LogP contribution >= 0.6 is 0 Å². The molecule has 20 heavy (non-hydrogen) atoms. The molecule has 2 heterocycles. The summed E-state index contributed by atoms with van der Waals surface area (Å²) in [6, 6.07) is 8.15. The minimum Gasteiger partial charge on any atom is -0.497 e. The second-order valence-corrected chi connectivity index (χ2v) is 5.08. The van der Waals surface area contributed by atoms with Crippen LogP contribution in [0.5, 0.6) is 5.75 Å². The molecule has 1 aromatic heterocycles. The van der Waals surface area contributed by atoms with Gasteiger partial charge < -0.3 is 14.6 Å². The fraction of sp³-hybridized carbons (Fsp3) is 0.467. The van der Waals surface area contributed by atoms with Gasteiger partial charge in [0, 0.05) is 6.42 Å². The topological polar surface area (TPSA) is 60.2 Å². The van der Waals surface area contributed by atoms with Crippen LogP contribution in [-0.2, 0) is 6.42 Å². The quantitative estimate of drug-likeness (QED) is 0.927. The molecule has 0 amide bonds. The summed E-state index contributed by atoms with van der Waals surface area (Å²) in [6.07, 6.45) is 4.17. The first-order chi connectivity index (χ1) is 9.85. The number of nitrogens with zero attached hydrogens (tertiary/aromatic N) is 2. The molecule has 5 nitrogen and oxygen atoms in total. The van der Waals surface area contributed by atoms with Gasteiger partial charge in [-0.25, -0.2) is 0 Å². The van der Waals surface area contributed by atoms with Gasteiger partial charge >= 0.3 is 0 Å². The first-order valence-electron chi connectivity index (χ1n) is 7.04. The summed E-state index contributed by atoms with van der Waals surface area (Å²) in [5, 5.41) is 7.49. The highest BCUT2D eigenvalue weighted by Crippen LogP contribution is 2.22. The highest BCUT2D eigenvalue weighted by molar-refractivity contribution is 5.30. The average molecular weight is 273 g/mol. The molecule has 2 aromatic rings. The number of methoxy groups -OCH3 is 1. The molecule has 106 valence electrons. The Morgan fingerprint density at radius 2 is 2.35 bits per heavy atom. The number of hydrogen-bond acceptors (Lipinski definition) is 5. The van der Waals surface area contributed by atoms with E-state index in [0.29, 0.717) is 12.3 Å². The molecule has 1 saturated heterocycles. The second kappa shape index (κ2) is 6.05. The maximum Gasteiger partial charge on any atom is 0.243 e. The molecule has 1 atom stereocenters. The lowest BCUT2D eigenvalue weighted by Gasteiger charge is -2.19. The largest absolute Gasteiger partial charge is 0.497 e. The maximum absolute atomic E-state index is 5.38. The van der Waals surface area contributed by atoms with Crippen LogP contribution in [0.2, 0.25) is 0 Å². The fourth-order valence-corrected chi connectivity index (χ4v) is 2.51. The molecule has 1 aliphatic heterocycles. The predicted octanol–water partition coefficient (Wildman–Crippen LogP) is 2.48. The van der Waals surface area contributed by atoms with Crippen molar-refractivity contribution in [2.24, 2.45) is 0 Å². The Kier molecular flexibility index (Phi) is 3.97. The van der Waals surface area contributed by atoms with Gasteiger partial charge in [-0.15, -0.1) is 0 Å². The second-order valence-electron chi connectivity index (χ2n) is 5.08. The van der Waals surface area contributed by atoms with E-state index in [9.17, 15) is 0 Å². The summed E-state index contributed by atoms with van der Waals surface area (Å²) < 4.78 is 10.6. The van der Waals surface area contributed by atoms with Gasteiger partial charge in [-0.1, -0.05) is 23.7 Å². The number of benzene rings is 1. The first kappa shape index (κ1) is 13.1. The molecule has 1 aliphatic rings. The van der Waals surface area contributed by atoms with Gasteiger partial charge in [-0.3, -0.25) is 0 Å². The molecule has 5 heteroatoms. The molecule has 1 fully saturated rings. The minimum absolute atomic E-state index is 0.218. The Bertz CT molecular complexity index is 562. The lowest BCUT2D eigenvalue weighted by molar-refractivity contribution is 0.296. The van der Waals surface area contributed by atoms with Crippen LogP contribution in [0.25, 0.3) is 0 Å². The SMILES string of the molecule is COc1cccc(Cc2noc([C@@H]3CCCCN3)n2)c1. The van der Waals surface area contributed by atoms with E-state index in [0.717, 1.165) is 30.1 Å². The third kappa shape index (κ3) is 2.99. The standard InChI is InChI=1S/C15H19N3O2/c1-19-12-6-4-5-11(9-12)10-14-17-15(20-18-14)13-7-2-3-8-16-13/h4-6,9,13,16H,2-3,7-8,10H2,1H3/t13-/m0/s1. The van der Waals surface area contributed by atoms with E-state index in [2.05, 4.69) is 15.5 Å². The van der Waals surface area contributed by atoms with Crippen molar-refractivity contribution in [2.45, 2.75) is 31.7 Å². The molecule has 1 N–H and O–H groups in total. The van der Waals surface area contributed by atoms with Crippen LogP contribution in [0.4, 0.5) is 0 Å². The normalized spacial score (nSPS) is 18.9. The smallest absolute Gasteiger partial charge is 0.243 e. The zero-order valence-corrected chi connectivity index (χ0v) is 11.6. The molecule has 0 spiro atoms. The number of hydrogen-bond donors (Lipinski definition) is 1. The van der Waals surface area contributed by atoms with Crippen LogP contribution in [0, 0.1) is 0 Å². The molecule has 0 unspecified atom stereocenters. The van der Waals surface area contributed by atoms with Gasteiger partial charge in [0.25, 0.3) is 0 Å². The Labute approximate surface area is 118 Å². The van der Waals surface area contributed by atoms with Crippen molar-refractivity contribution in [1.82, 2.24) is 15.5 Å². The number of piperidine rings is 1. The van der Waals surface area contributed by atoms with Gasteiger partial charge in [0.05, 0.1) is 13.2 Å². The molecule has 1 aromatic carbocycles. The number of rotatable bonds is 4. The number of ether oxygens (including phenoxy) is 1. The maximum atomic E-state index is 5.38.